The molecule has 1 aliphatic heterocycles. The Balaban J connectivity index is 1.35. The van der Waals surface area contributed by atoms with Crippen molar-refractivity contribution < 1.29 is 14.7 Å². The molecular weight excluding hydrogens is 318 g/mol. The number of aliphatic carboxylic acids is 1. The van der Waals surface area contributed by atoms with E-state index in [-0.39, 0.29) is 11.9 Å². The van der Waals surface area contributed by atoms with Crippen molar-refractivity contribution in [2.75, 3.05) is 19.6 Å². The quantitative estimate of drug-likeness (QED) is 0.799. The molecule has 6 nitrogen and oxygen atoms in total. The van der Waals surface area contributed by atoms with Crippen LogP contribution in [0.5, 0.6) is 0 Å². The summed E-state index contributed by atoms with van der Waals surface area (Å²) in [7, 11) is 0. The summed E-state index contributed by atoms with van der Waals surface area (Å²) < 4.78 is 0. The third-order valence-corrected chi connectivity index (χ3v) is 5.93. The predicted octanol–water partition coefficient (Wildman–Crippen LogP) is 2.61. The number of hydrogen-bond acceptors (Lipinski definition) is 2. The van der Waals surface area contributed by atoms with Crippen LogP contribution in [0.2, 0.25) is 0 Å². The minimum atomic E-state index is -0.746. The van der Waals surface area contributed by atoms with Crippen LogP contribution in [-0.4, -0.2) is 46.6 Å². The van der Waals surface area contributed by atoms with Crippen LogP contribution in [0.3, 0.4) is 0 Å². The number of benzene rings is 1. The van der Waals surface area contributed by atoms with Crippen LogP contribution in [0.15, 0.2) is 30.5 Å². The van der Waals surface area contributed by atoms with Gasteiger partial charge in [-0.05, 0) is 36.8 Å². The molecule has 6 heteroatoms. The Morgan fingerprint density at radius 2 is 2.20 bits per heavy atom. The molecule has 1 aromatic carbocycles. The number of H-pyrrole nitrogens is 1. The van der Waals surface area contributed by atoms with E-state index in [4.69, 9.17) is 0 Å². The minimum Gasteiger partial charge on any atom is -0.481 e. The van der Waals surface area contributed by atoms with Crippen LogP contribution in [0.25, 0.3) is 10.9 Å². The second kappa shape index (κ2) is 6.10. The maximum Gasteiger partial charge on any atom is 0.317 e. The van der Waals surface area contributed by atoms with Crippen LogP contribution in [0.1, 0.15) is 24.8 Å². The third kappa shape index (κ3) is 2.65. The molecule has 132 valence electrons. The Morgan fingerprint density at radius 1 is 1.36 bits per heavy atom. The smallest absolute Gasteiger partial charge is 0.317 e. The van der Waals surface area contributed by atoms with Gasteiger partial charge >= 0.3 is 12.0 Å². The van der Waals surface area contributed by atoms with E-state index in [0.29, 0.717) is 26.1 Å². The normalized spacial score (nSPS) is 25.3. The molecule has 3 N–H and O–H groups in total. The van der Waals surface area contributed by atoms with Gasteiger partial charge in [-0.2, -0.15) is 0 Å². The summed E-state index contributed by atoms with van der Waals surface area (Å²) >= 11 is 0. The number of carbonyl (C=O) groups excluding carboxylic acids is 1. The first kappa shape index (κ1) is 16.0. The third-order valence-electron chi connectivity index (χ3n) is 5.93. The van der Waals surface area contributed by atoms with Crippen molar-refractivity contribution in [3.05, 3.63) is 36.0 Å². The van der Waals surface area contributed by atoms with Crippen LogP contribution < -0.4 is 5.32 Å². The molecule has 2 heterocycles. The van der Waals surface area contributed by atoms with Crippen LogP contribution in [0.4, 0.5) is 4.79 Å². The number of likely N-dealkylation sites (tertiary alicyclic amines) is 1. The summed E-state index contributed by atoms with van der Waals surface area (Å²) in [5, 5.41) is 13.7. The van der Waals surface area contributed by atoms with E-state index in [1.807, 2.05) is 24.4 Å². The molecule has 2 amide bonds. The molecule has 1 saturated carbocycles. The molecule has 2 aromatic rings. The van der Waals surface area contributed by atoms with Crippen molar-refractivity contribution in [1.82, 2.24) is 15.2 Å². The lowest BCUT2D eigenvalue weighted by atomic mass is 9.81. The number of carbonyl (C=O) groups is 2. The Labute approximate surface area is 146 Å². The lowest BCUT2D eigenvalue weighted by molar-refractivity contribution is -0.149. The molecule has 2 aliphatic rings. The fourth-order valence-electron chi connectivity index (χ4n) is 4.55. The van der Waals surface area contributed by atoms with E-state index in [9.17, 15) is 14.7 Å². The molecule has 0 bridgehead atoms. The number of carboxylic acid groups (broad SMARTS) is 1. The molecule has 0 spiro atoms. The lowest BCUT2D eigenvalue weighted by Gasteiger charge is -2.23. The van der Waals surface area contributed by atoms with E-state index in [1.54, 1.807) is 4.90 Å². The topological polar surface area (TPSA) is 85.4 Å². The van der Waals surface area contributed by atoms with Crippen molar-refractivity contribution in [3.8, 4) is 0 Å². The van der Waals surface area contributed by atoms with Crippen molar-refractivity contribution in [1.29, 1.82) is 0 Å². The Morgan fingerprint density at radius 3 is 3.00 bits per heavy atom. The number of fused-ring (bicyclic) bond motifs is 2. The first-order valence-electron chi connectivity index (χ1n) is 8.91. The molecule has 2 atom stereocenters. The Kier molecular flexibility index (Phi) is 3.90. The number of hydrogen-bond donors (Lipinski definition) is 3. The fraction of sp³-hybridized carbons (Fsp3) is 0.474. The van der Waals surface area contributed by atoms with E-state index in [2.05, 4.69) is 16.4 Å². The van der Waals surface area contributed by atoms with Gasteiger partial charge in [-0.15, -0.1) is 0 Å². The summed E-state index contributed by atoms with van der Waals surface area (Å²) in [5.41, 5.74) is 1.56. The standard InChI is InChI=1S/C19H23N3O3/c23-17(24)19-8-3-4-14(19)11-22(12-19)18(25)20-9-7-13-10-21-16-6-2-1-5-15(13)16/h1-2,5-6,10,14,21H,3-4,7-9,11-12H2,(H,20,25)(H,23,24)/t14-,19+/m0/s1. The number of amides is 2. The second-order valence-corrected chi connectivity index (χ2v) is 7.27. The Hall–Kier alpha value is -2.50. The highest BCUT2D eigenvalue weighted by Gasteiger charge is 2.55. The zero-order valence-electron chi connectivity index (χ0n) is 14.1. The van der Waals surface area contributed by atoms with Gasteiger partial charge in [-0.1, -0.05) is 24.6 Å². The lowest BCUT2D eigenvalue weighted by Crippen LogP contribution is -2.42. The molecular formula is C19H23N3O3. The number of para-hydroxylation sites is 1. The number of carboxylic acids is 1. The zero-order valence-corrected chi connectivity index (χ0v) is 14.1. The summed E-state index contributed by atoms with van der Waals surface area (Å²) in [5.74, 6) is -0.645. The highest BCUT2D eigenvalue weighted by Crippen LogP contribution is 2.48. The van der Waals surface area contributed by atoms with E-state index in [1.165, 1.54) is 10.9 Å². The summed E-state index contributed by atoms with van der Waals surface area (Å²) in [6.45, 7) is 1.44. The average molecular weight is 341 g/mol. The summed E-state index contributed by atoms with van der Waals surface area (Å²) in [6, 6.07) is 7.96. The maximum atomic E-state index is 12.4. The van der Waals surface area contributed by atoms with E-state index in [0.717, 1.165) is 24.8 Å². The molecule has 0 radical (unpaired) electrons. The number of nitrogens with one attached hydrogen (secondary N) is 2. The van der Waals surface area contributed by atoms with Crippen molar-refractivity contribution in [2.45, 2.75) is 25.7 Å². The molecule has 0 unspecified atom stereocenters. The van der Waals surface area contributed by atoms with Gasteiger partial charge in [-0.3, -0.25) is 4.79 Å². The monoisotopic (exact) mass is 341 g/mol. The number of nitrogens with zero attached hydrogens (tertiary/aromatic N) is 1. The Bertz CT molecular complexity index is 815. The predicted molar refractivity (Wildman–Crippen MR) is 94.4 cm³/mol. The first-order chi connectivity index (χ1) is 12.1. The number of urea groups is 1. The highest BCUT2D eigenvalue weighted by molar-refractivity contribution is 5.83. The SMILES string of the molecule is O=C(NCCc1c[nH]c2ccccc12)N1C[C@@H]2CCC[C@@]2(C(=O)O)C1. The van der Waals surface area contributed by atoms with Gasteiger partial charge in [0, 0.05) is 36.7 Å². The zero-order chi connectivity index (χ0) is 17.4. The second-order valence-electron chi connectivity index (χ2n) is 7.27. The highest BCUT2D eigenvalue weighted by atomic mass is 16.4. The number of aromatic nitrogens is 1. The molecule has 4 rings (SSSR count). The van der Waals surface area contributed by atoms with Gasteiger partial charge in [-0.25, -0.2) is 4.79 Å². The molecule has 1 aliphatic carbocycles. The molecule has 1 aromatic heterocycles. The van der Waals surface area contributed by atoms with Gasteiger partial charge in [0.25, 0.3) is 0 Å². The first-order valence-corrected chi connectivity index (χ1v) is 8.91. The van der Waals surface area contributed by atoms with Gasteiger partial charge in [0.15, 0.2) is 0 Å². The number of aromatic amines is 1. The summed E-state index contributed by atoms with van der Waals surface area (Å²) in [6.07, 6.45) is 5.28. The van der Waals surface area contributed by atoms with Crippen molar-refractivity contribution in [2.24, 2.45) is 11.3 Å². The van der Waals surface area contributed by atoms with Gasteiger partial charge in [0.05, 0.1) is 5.41 Å². The van der Waals surface area contributed by atoms with Crippen LogP contribution in [-0.2, 0) is 11.2 Å². The molecule has 25 heavy (non-hydrogen) atoms. The fourth-order valence-corrected chi connectivity index (χ4v) is 4.55. The van der Waals surface area contributed by atoms with E-state index >= 15 is 0 Å². The number of rotatable bonds is 4. The minimum absolute atomic E-state index is 0.101. The van der Waals surface area contributed by atoms with Gasteiger partial charge in [0.1, 0.15) is 0 Å². The van der Waals surface area contributed by atoms with Gasteiger partial charge in [0.2, 0.25) is 0 Å². The molecule has 2 fully saturated rings. The maximum absolute atomic E-state index is 12.4. The van der Waals surface area contributed by atoms with Crippen molar-refractivity contribution in [3.63, 3.8) is 0 Å². The van der Waals surface area contributed by atoms with Gasteiger partial charge < -0.3 is 20.3 Å². The van der Waals surface area contributed by atoms with E-state index < -0.39 is 11.4 Å². The molecule has 1 saturated heterocycles. The van der Waals surface area contributed by atoms with Crippen LogP contribution in [0, 0.1) is 11.3 Å². The van der Waals surface area contributed by atoms with Crippen LogP contribution >= 0.6 is 0 Å². The largest absolute Gasteiger partial charge is 0.481 e. The summed E-state index contributed by atoms with van der Waals surface area (Å²) in [4.78, 5) is 29.1. The average Bonchev–Trinajstić information content (AvgIpc) is 3.27. The van der Waals surface area contributed by atoms with Crippen molar-refractivity contribution >= 4 is 22.9 Å².